The van der Waals surface area contributed by atoms with Gasteiger partial charge in [0, 0.05) is 11.4 Å². The number of aryl methyl sites for hydroxylation is 2. The van der Waals surface area contributed by atoms with Crippen molar-refractivity contribution >= 4 is 11.4 Å². The van der Waals surface area contributed by atoms with Crippen molar-refractivity contribution < 1.29 is 0 Å². The molecule has 2 rings (SSSR count). The van der Waals surface area contributed by atoms with Gasteiger partial charge < -0.3 is 5.32 Å². The quantitative estimate of drug-likeness (QED) is 0.798. The van der Waals surface area contributed by atoms with Crippen LogP contribution in [0.5, 0.6) is 0 Å². The highest BCUT2D eigenvalue weighted by Crippen LogP contribution is 2.18. The molecule has 0 saturated carbocycles. The minimum Gasteiger partial charge on any atom is -0.356 e. The van der Waals surface area contributed by atoms with E-state index >= 15 is 0 Å². The summed E-state index contributed by atoms with van der Waals surface area (Å²) in [6.45, 7) is 4.27. The zero-order valence-electron chi connectivity index (χ0n) is 9.83. The normalized spacial score (nSPS) is 10.1. The Hall–Kier alpha value is -1.76. The van der Waals surface area contributed by atoms with Crippen LogP contribution in [0.25, 0.3) is 0 Å². The molecule has 0 unspecified atom stereocenters. The van der Waals surface area contributed by atoms with Gasteiger partial charge in [0.2, 0.25) is 0 Å². The molecule has 0 bridgehead atoms. The molecule has 0 aliphatic rings. The minimum atomic E-state index is 1.07. The SMILES string of the molecule is CCc1cccc(Nc2ccc(C)cc2)c1. The summed E-state index contributed by atoms with van der Waals surface area (Å²) >= 11 is 0. The molecule has 2 aromatic rings. The van der Waals surface area contributed by atoms with Crippen molar-refractivity contribution in [3.63, 3.8) is 0 Å². The van der Waals surface area contributed by atoms with Crippen LogP contribution >= 0.6 is 0 Å². The van der Waals surface area contributed by atoms with E-state index in [-0.39, 0.29) is 0 Å². The third-order valence-corrected chi connectivity index (χ3v) is 2.68. The third kappa shape index (κ3) is 2.63. The topological polar surface area (TPSA) is 12.0 Å². The molecule has 1 nitrogen and oxygen atoms in total. The van der Waals surface area contributed by atoms with Crippen LogP contribution in [-0.2, 0) is 6.42 Å². The van der Waals surface area contributed by atoms with Crippen LogP contribution in [0.15, 0.2) is 48.5 Å². The number of benzene rings is 2. The van der Waals surface area contributed by atoms with E-state index in [0.29, 0.717) is 0 Å². The molecule has 0 aromatic heterocycles. The Morgan fingerprint density at radius 2 is 1.69 bits per heavy atom. The Kier molecular flexibility index (Phi) is 3.25. The second-order valence-corrected chi connectivity index (χ2v) is 4.04. The lowest BCUT2D eigenvalue weighted by atomic mass is 10.1. The van der Waals surface area contributed by atoms with Crippen molar-refractivity contribution in [3.05, 3.63) is 59.7 Å². The average Bonchev–Trinajstić information content (AvgIpc) is 2.32. The van der Waals surface area contributed by atoms with Crippen molar-refractivity contribution in [1.82, 2.24) is 0 Å². The first kappa shape index (κ1) is 10.7. The van der Waals surface area contributed by atoms with Gasteiger partial charge in [0.15, 0.2) is 0 Å². The van der Waals surface area contributed by atoms with Gasteiger partial charge in [0.1, 0.15) is 0 Å². The molecule has 0 spiro atoms. The predicted molar refractivity (Wildman–Crippen MR) is 70.3 cm³/mol. The van der Waals surface area contributed by atoms with E-state index in [4.69, 9.17) is 0 Å². The first-order chi connectivity index (χ1) is 7.78. The van der Waals surface area contributed by atoms with Gasteiger partial charge in [-0.2, -0.15) is 0 Å². The fourth-order valence-electron chi connectivity index (χ4n) is 1.67. The van der Waals surface area contributed by atoms with Gasteiger partial charge in [0.25, 0.3) is 0 Å². The number of rotatable bonds is 3. The second-order valence-electron chi connectivity index (χ2n) is 4.04. The van der Waals surface area contributed by atoms with Gasteiger partial charge in [-0.15, -0.1) is 0 Å². The van der Waals surface area contributed by atoms with Crippen LogP contribution in [0.1, 0.15) is 18.1 Å². The lowest BCUT2D eigenvalue weighted by Gasteiger charge is -2.07. The summed E-state index contributed by atoms with van der Waals surface area (Å²) in [5.74, 6) is 0. The fraction of sp³-hybridized carbons (Fsp3) is 0.200. The van der Waals surface area contributed by atoms with Crippen molar-refractivity contribution in [2.24, 2.45) is 0 Å². The molecule has 2 aromatic carbocycles. The Morgan fingerprint density at radius 1 is 0.938 bits per heavy atom. The van der Waals surface area contributed by atoms with Gasteiger partial charge in [-0.05, 0) is 43.2 Å². The van der Waals surface area contributed by atoms with Crippen LogP contribution in [0.4, 0.5) is 11.4 Å². The maximum atomic E-state index is 3.41. The molecule has 0 aliphatic carbocycles. The first-order valence-electron chi connectivity index (χ1n) is 5.70. The molecule has 0 saturated heterocycles. The first-order valence-corrected chi connectivity index (χ1v) is 5.70. The summed E-state index contributed by atoms with van der Waals surface area (Å²) in [7, 11) is 0. The van der Waals surface area contributed by atoms with Crippen LogP contribution in [-0.4, -0.2) is 0 Å². The summed E-state index contributed by atoms with van der Waals surface area (Å²) in [6.07, 6.45) is 1.07. The standard InChI is InChI=1S/C15H17N/c1-3-13-5-4-6-15(11-13)16-14-9-7-12(2)8-10-14/h4-11,16H,3H2,1-2H3. The smallest absolute Gasteiger partial charge is 0.0386 e. The van der Waals surface area contributed by atoms with E-state index in [2.05, 4.69) is 67.7 Å². The second kappa shape index (κ2) is 4.84. The van der Waals surface area contributed by atoms with Crippen molar-refractivity contribution in [2.75, 3.05) is 5.32 Å². The molecular formula is C15H17N. The van der Waals surface area contributed by atoms with Crippen molar-refractivity contribution in [2.45, 2.75) is 20.3 Å². The van der Waals surface area contributed by atoms with E-state index in [1.54, 1.807) is 0 Å². The summed E-state index contributed by atoms with van der Waals surface area (Å²) in [5, 5.41) is 3.41. The van der Waals surface area contributed by atoms with Crippen LogP contribution in [0.2, 0.25) is 0 Å². The monoisotopic (exact) mass is 211 g/mol. The van der Waals surface area contributed by atoms with Crippen LogP contribution in [0.3, 0.4) is 0 Å². The minimum absolute atomic E-state index is 1.07. The van der Waals surface area contributed by atoms with E-state index < -0.39 is 0 Å². The molecule has 82 valence electrons. The molecule has 0 radical (unpaired) electrons. The van der Waals surface area contributed by atoms with Crippen LogP contribution < -0.4 is 5.32 Å². The number of hydrogen-bond acceptors (Lipinski definition) is 1. The lowest BCUT2D eigenvalue weighted by molar-refractivity contribution is 1.14. The molecule has 0 amide bonds. The van der Waals surface area contributed by atoms with Crippen molar-refractivity contribution in [3.8, 4) is 0 Å². The maximum absolute atomic E-state index is 3.41. The van der Waals surface area contributed by atoms with Crippen molar-refractivity contribution in [1.29, 1.82) is 0 Å². The molecule has 1 heteroatoms. The zero-order chi connectivity index (χ0) is 11.4. The van der Waals surface area contributed by atoms with E-state index in [9.17, 15) is 0 Å². The van der Waals surface area contributed by atoms with Gasteiger partial charge in [-0.25, -0.2) is 0 Å². The Morgan fingerprint density at radius 3 is 2.38 bits per heavy atom. The van der Waals surface area contributed by atoms with Gasteiger partial charge in [-0.1, -0.05) is 36.8 Å². The summed E-state index contributed by atoms with van der Waals surface area (Å²) < 4.78 is 0. The predicted octanol–water partition coefficient (Wildman–Crippen LogP) is 4.30. The molecular weight excluding hydrogens is 194 g/mol. The zero-order valence-corrected chi connectivity index (χ0v) is 9.83. The van der Waals surface area contributed by atoms with E-state index in [1.165, 1.54) is 11.1 Å². The Bertz CT molecular complexity index is 457. The van der Waals surface area contributed by atoms with Gasteiger partial charge in [-0.3, -0.25) is 0 Å². The third-order valence-electron chi connectivity index (χ3n) is 2.68. The molecule has 0 heterocycles. The summed E-state index contributed by atoms with van der Waals surface area (Å²) in [6, 6.07) is 17.0. The van der Waals surface area contributed by atoms with E-state index in [1.807, 2.05) is 0 Å². The number of hydrogen-bond donors (Lipinski definition) is 1. The average molecular weight is 211 g/mol. The van der Waals surface area contributed by atoms with E-state index in [0.717, 1.165) is 17.8 Å². The highest BCUT2D eigenvalue weighted by molar-refractivity contribution is 5.60. The molecule has 1 N–H and O–H groups in total. The summed E-state index contributed by atoms with van der Waals surface area (Å²) in [5.41, 5.74) is 4.94. The molecule has 16 heavy (non-hydrogen) atoms. The number of anilines is 2. The molecule has 0 fully saturated rings. The maximum Gasteiger partial charge on any atom is 0.0386 e. The Balaban J connectivity index is 2.16. The highest BCUT2D eigenvalue weighted by Gasteiger charge is 1.95. The molecule has 0 aliphatic heterocycles. The lowest BCUT2D eigenvalue weighted by Crippen LogP contribution is -1.91. The Labute approximate surface area is 97.1 Å². The summed E-state index contributed by atoms with van der Waals surface area (Å²) in [4.78, 5) is 0. The molecule has 0 atom stereocenters. The number of nitrogens with one attached hydrogen (secondary N) is 1. The largest absolute Gasteiger partial charge is 0.356 e. The van der Waals surface area contributed by atoms with Gasteiger partial charge in [0.05, 0.1) is 0 Å². The fourth-order valence-corrected chi connectivity index (χ4v) is 1.67. The van der Waals surface area contributed by atoms with Gasteiger partial charge >= 0.3 is 0 Å². The van der Waals surface area contributed by atoms with Crippen LogP contribution in [0, 0.1) is 6.92 Å². The highest BCUT2D eigenvalue weighted by atomic mass is 14.9.